The Morgan fingerprint density at radius 1 is 1.38 bits per heavy atom. The number of aryl methyl sites for hydroxylation is 1. The molecule has 2 aromatic heterocycles. The maximum atomic E-state index is 5.40. The molecule has 0 saturated carbocycles. The molecule has 0 aliphatic carbocycles. The van der Waals surface area contributed by atoms with Crippen LogP contribution in [0.4, 0.5) is 5.95 Å². The third-order valence-corrected chi connectivity index (χ3v) is 2.19. The Kier molecular flexibility index (Phi) is 1.90. The van der Waals surface area contributed by atoms with Crippen molar-refractivity contribution >= 4 is 17.5 Å². The molecular formula is C7H7N5S. The van der Waals surface area contributed by atoms with Crippen LogP contribution in [0.1, 0.15) is 5.82 Å². The summed E-state index contributed by atoms with van der Waals surface area (Å²) < 4.78 is 3.87. The highest BCUT2D eigenvalue weighted by molar-refractivity contribution is 7.09. The third-order valence-electron chi connectivity index (χ3n) is 1.44. The molecule has 0 aliphatic heterocycles. The van der Waals surface area contributed by atoms with Gasteiger partial charge >= 0.3 is 0 Å². The molecule has 0 atom stereocenters. The molecular weight excluding hydrogens is 186 g/mol. The van der Waals surface area contributed by atoms with Gasteiger partial charge in [-0.25, -0.2) is 9.97 Å². The highest BCUT2D eigenvalue weighted by Crippen LogP contribution is 2.18. The first-order valence-corrected chi connectivity index (χ1v) is 4.42. The molecule has 0 spiro atoms. The monoisotopic (exact) mass is 193 g/mol. The number of hydrogen-bond donors (Lipinski definition) is 1. The summed E-state index contributed by atoms with van der Waals surface area (Å²) in [6.07, 6.45) is 1.69. The van der Waals surface area contributed by atoms with Gasteiger partial charge in [0.25, 0.3) is 0 Å². The summed E-state index contributed by atoms with van der Waals surface area (Å²) in [4.78, 5) is 12.2. The molecule has 0 saturated heterocycles. The van der Waals surface area contributed by atoms with E-state index in [1.807, 2.05) is 6.92 Å². The number of anilines is 1. The van der Waals surface area contributed by atoms with Crippen LogP contribution in [0.15, 0.2) is 12.3 Å². The Bertz CT molecular complexity index is 424. The number of hydrogen-bond acceptors (Lipinski definition) is 6. The summed E-state index contributed by atoms with van der Waals surface area (Å²) in [7, 11) is 0. The van der Waals surface area contributed by atoms with Crippen molar-refractivity contribution in [3.63, 3.8) is 0 Å². The van der Waals surface area contributed by atoms with Crippen molar-refractivity contribution in [3.05, 3.63) is 18.1 Å². The number of nitrogens with zero attached hydrogens (tertiary/aromatic N) is 4. The Morgan fingerprint density at radius 2 is 2.23 bits per heavy atom. The van der Waals surface area contributed by atoms with E-state index in [-0.39, 0.29) is 5.95 Å². The molecule has 13 heavy (non-hydrogen) atoms. The van der Waals surface area contributed by atoms with E-state index in [9.17, 15) is 0 Å². The van der Waals surface area contributed by atoms with E-state index in [0.717, 1.165) is 10.7 Å². The fourth-order valence-electron chi connectivity index (χ4n) is 0.914. The van der Waals surface area contributed by atoms with Crippen LogP contribution in [-0.4, -0.2) is 19.3 Å². The van der Waals surface area contributed by atoms with Gasteiger partial charge in [-0.05, 0) is 24.5 Å². The Morgan fingerprint density at radius 3 is 2.85 bits per heavy atom. The highest BCUT2D eigenvalue weighted by atomic mass is 32.1. The lowest BCUT2D eigenvalue weighted by Gasteiger charge is -1.94. The van der Waals surface area contributed by atoms with Crippen molar-refractivity contribution in [2.45, 2.75) is 6.92 Å². The lowest BCUT2D eigenvalue weighted by Crippen LogP contribution is -1.90. The predicted octanol–water partition coefficient (Wildman–Crippen LogP) is 0.886. The van der Waals surface area contributed by atoms with Crippen molar-refractivity contribution in [2.24, 2.45) is 0 Å². The molecule has 6 heteroatoms. The van der Waals surface area contributed by atoms with Crippen LogP contribution in [0, 0.1) is 6.92 Å². The first-order chi connectivity index (χ1) is 6.25. The second-order valence-corrected chi connectivity index (χ2v) is 3.20. The van der Waals surface area contributed by atoms with Gasteiger partial charge in [-0.3, -0.25) is 0 Å². The van der Waals surface area contributed by atoms with Crippen LogP contribution in [0.5, 0.6) is 0 Å². The molecule has 0 radical (unpaired) electrons. The zero-order valence-electron chi connectivity index (χ0n) is 6.93. The topological polar surface area (TPSA) is 77.6 Å². The Hall–Kier alpha value is -1.56. The largest absolute Gasteiger partial charge is 0.367 e. The summed E-state index contributed by atoms with van der Waals surface area (Å²) in [5.74, 6) is 1.00. The van der Waals surface area contributed by atoms with Gasteiger partial charge in [0.15, 0.2) is 5.01 Å². The van der Waals surface area contributed by atoms with E-state index in [1.54, 1.807) is 12.3 Å². The fourth-order valence-corrected chi connectivity index (χ4v) is 1.48. The zero-order valence-corrected chi connectivity index (χ0v) is 7.75. The minimum absolute atomic E-state index is 0.288. The number of nitrogen functional groups attached to an aromatic ring is 1. The van der Waals surface area contributed by atoms with Gasteiger partial charge in [-0.2, -0.15) is 9.36 Å². The van der Waals surface area contributed by atoms with Gasteiger partial charge in [0.2, 0.25) is 5.95 Å². The quantitative estimate of drug-likeness (QED) is 0.727. The van der Waals surface area contributed by atoms with Crippen LogP contribution in [-0.2, 0) is 0 Å². The molecule has 2 N–H and O–H groups in total. The van der Waals surface area contributed by atoms with Crippen LogP contribution in [0.2, 0.25) is 0 Å². The lowest BCUT2D eigenvalue weighted by atomic mass is 10.4. The third kappa shape index (κ3) is 1.62. The van der Waals surface area contributed by atoms with Crippen molar-refractivity contribution in [2.75, 3.05) is 5.73 Å². The molecule has 0 aliphatic rings. The average Bonchev–Trinajstić information content (AvgIpc) is 2.52. The van der Waals surface area contributed by atoms with Crippen LogP contribution >= 0.6 is 11.5 Å². The summed E-state index contributed by atoms with van der Waals surface area (Å²) in [5.41, 5.74) is 6.16. The summed E-state index contributed by atoms with van der Waals surface area (Å²) >= 11 is 1.23. The molecule has 5 nitrogen and oxygen atoms in total. The van der Waals surface area contributed by atoms with Crippen LogP contribution in [0.3, 0.4) is 0 Å². The van der Waals surface area contributed by atoms with Gasteiger partial charge in [-0.1, -0.05) is 0 Å². The molecule has 0 amide bonds. The molecule has 2 rings (SSSR count). The molecule has 2 heterocycles. The van der Waals surface area contributed by atoms with E-state index < -0.39 is 0 Å². The highest BCUT2D eigenvalue weighted by Gasteiger charge is 2.05. The van der Waals surface area contributed by atoms with Gasteiger partial charge in [0, 0.05) is 6.20 Å². The lowest BCUT2D eigenvalue weighted by molar-refractivity contribution is 1.06. The molecule has 0 bridgehead atoms. The zero-order chi connectivity index (χ0) is 9.26. The summed E-state index contributed by atoms with van der Waals surface area (Å²) in [5, 5.41) is 0.725. The van der Waals surface area contributed by atoms with E-state index >= 15 is 0 Å². The smallest absolute Gasteiger partial charge is 0.232 e. The summed E-state index contributed by atoms with van der Waals surface area (Å²) in [6.45, 7) is 1.83. The number of aromatic nitrogens is 4. The molecule has 0 aromatic carbocycles. The Labute approximate surface area is 78.9 Å². The minimum Gasteiger partial charge on any atom is -0.367 e. The van der Waals surface area contributed by atoms with E-state index in [4.69, 9.17) is 5.73 Å². The minimum atomic E-state index is 0.288. The maximum Gasteiger partial charge on any atom is 0.232 e. The normalized spacial score (nSPS) is 10.2. The average molecular weight is 193 g/mol. The van der Waals surface area contributed by atoms with Crippen molar-refractivity contribution in [1.29, 1.82) is 0 Å². The molecule has 66 valence electrons. The SMILES string of the molecule is Cc1nccc(-c2nc(N)ns2)n1. The van der Waals surface area contributed by atoms with Crippen LogP contribution in [0.25, 0.3) is 10.7 Å². The van der Waals surface area contributed by atoms with E-state index in [1.165, 1.54) is 11.5 Å². The maximum absolute atomic E-state index is 5.40. The fraction of sp³-hybridized carbons (Fsp3) is 0.143. The molecule has 0 unspecified atom stereocenters. The number of rotatable bonds is 1. The van der Waals surface area contributed by atoms with Crippen molar-refractivity contribution in [1.82, 2.24) is 19.3 Å². The number of nitrogens with two attached hydrogens (primary N) is 1. The summed E-state index contributed by atoms with van der Waals surface area (Å²) in [6, 6.07) is 1.78. The van der Waals surface area contributed by atoms with Gasteiger partial charge < -0.3 is 5.73 Å². The van der Waals surface area contributed by atoms with Gasteiger partial charge in [0.1, 0.15) is 11.5 Å². The van der Waals surface area contributed by atoms with Gasteiger partial charge in [0.05, 0.1) is 0 Å². The van der Waals surface area contributed by atoms with Crippen molar-refractivity contribution in [3.8, 4) is 10.7 Å². The second kappa shape index (κ2) is 3.06. The first-order valence-electron chi connectivity index (χ1n) is 3.65. The molecule has 0 fully saturated rings. The van der Waals surface area contributed by atoms with E-state index in [2.05, 4.69) is 19.3 Å². The molecule has 2 aromatic rings. The van der Waals surface area contributed by atoms with E-state index in [0.29, 0.717) is 5.82 Å². The van der Waals surface area contributed by atoms with Crippen molar-refractivity contribution < 1.29 is 0 Å². The first kappa shape index (κ1) is 8.06. The van der Waals surface area contributed by atoms with Crippen LogP contribution < -0.4 is 5.73 Å². The second-order valence-electron chi connectivity index (χ2n) is 2.45. The Balaban J connectivity index is 2.46. The standard InChI is InChI=1S/C7H7N5S/c1-4-9-3-2-5(10-4)6-11-7(8)12-13-6/h2-3H,1H3,(H2,8,12). The van der Waals surface area contributed by atoms with Gasteiger partial charge in [-0.15, -0.1) is 0 Å². The predicted molar refractivity (Wildman–Crippen MR) is 50.1 cm³/mol.